The molecule has 0 spiro atoms. The number of thiophene rings is 1. The minimum absolute atomic E-state index is 0.0360. The Morgan fingerprint density at radius 2 is 2.05 bits per heavy atom. The third-order valence-electron chi connectivity index (χ3n) is 3.94. The molecule has 2 aromatic rings. The highest BCUT2D eigenvalue weighted by atomic mass is 32.1. The van der Waals surface area contributed by atoms with Crippen molar-refractivity contribution < 1.29 is 14.7 Å². The van der Waals surface area contributed by atoms with Crippen LogP contribution in [0.15, 0.2) is 29.6 Å². The van der Waals surface area contributed by atoms with E-state index in [1.807, 2.05) is 24.3 Å². The first kappa shape index (κ1) is 13.1. The molecule has 1 aromatic heterocycles. The van der Waals surface area contributed by atoms with E-state index in [-0.39, 0.29) is 11.8 Å². The van der Waals surface area contributed by atoms with Gasteiger partial charge in [0.1, 0.15) is 5.54 Å². The highest BCUT2D eigenvalue weighted by Gasteiger charge is 2.48. The lowest BCUT2D eigenvalue weighted by molar-refractivity contribution is -0.144. The molecule has 0 saturated heterocycles. The molecule has 1 heterocycles. The average molecular weight is 289 g/mol. The van der Waals surface area contributed by atoms with Crippen LogP contribution in [-0.4, -0.2) is 22.5 Å². The molecule has 104 valence electrons. The predicted molar refractivity (Wildman–Crippen MR) is 78.1 cm³/mol. The van der Waals surface area contributed by atoms with Crippen LogP contribution in [0.2, 0.25) is 0 Å². The molecule has 1 aliphatic carbocycles. The summed E-state index contributed by atoms with van der Waals surface area (Å²) in [5, 5.41) is 14.8. The van der Waals surface area contributed by atoms with Crippen molar-refractivity contribution in [2.75, 3.05) is 0 Å². The number of hydrogen-bond donors (Lipinski definition) is 2. The summed E-state index contributed by atoms with van der Waals surface area (Å²) in [5.74, 6) is -1.24. The maximum Gasteiger partial charge on any atom is 0.329 e. The Hall–Kier alpha value is -1.88. The first-order valence-corrected chi connectivity index (χ1v) is 7.42. The van der Waals surface area contributed by atoms with Gasteiger partial charge < -0.3 is 10.4 Å². The lowest BCUT2D eigenvalue weighted by atomic mass is 9.95. The molecule has 0 aliphatic heterocycles. The Morgan fingerprint density at radius 3 is 2.70 bits per heavy atom. The van der Waals surface area contributed by atoms with Gasteiger partial charge in [-0.1, -0.05) is 18.2 Å². The van der Waals surface area contributed by atoms with Crippen molar-refractivity contribution in [3.8, 4) is 0 Å². The molecule has 0 bridgehead atoms. The number of fused-ring (bicyclic) bond motifs is 1. The zero-order chi connectivity index (χ0) is 14.3. The Bertz CT molecular complexity index is 689. The van der Waals surface area contributed by atoms with Gasteiger partial charge >= 0.3 is 5.97 Å². The standard InChI is InChI=1S/C15H15NO3S/c1-15(14(18)19,9-6-7-9)16-13(17)11-8-20-12-5-3-2-4-10(11)12/h2-5,8-9H,6-7H2,1H3,(H,16,17)(H,18,19). The zero-order valence-electron chi connectivity index (χ0n) is 11.1. The molecular weight excluding hydrogens is 274 g/mol. The highest BCUT2D eigenvalue weighted by Crippen LogP contribution is 2.40. The van der Waals surface area contributed by atoms with Gasteiger partial charge in [0, 0.05) is 15.5 Å². The number of amides is 1. The number of nitrogens with one attached hydrogen (secondary N) is 1. The fourth-order valence-corrected chi connectivity index (χ4v) is 3.39. The molecule has 3 rings (SSSR count). The van der Waals surface area contributed by atoms with E-state index in [1.165, 1.54) is 11.3 Å². The van der Waals surface area contributed by atoms with Gasteiger partial charge in [0.2, 0.25) is 0 Å². The second kappa shape index (κ2) is 4.59. The fraction of sp³-hybridized carbons (Fsp3) is 0.333. The normalized spacial score (nSPS) is 17.6. The largest absolute Gasteiger partial charge is 0.480 e. The van der Waals surface area contributed by atoms with Gasteiger partial charge in [0.05, 0.1) is 5.56 Å². The summed E-state index contributed by atoms with van der Waals surface area (Å²) >= 11 is 1.49. The average Bonchev–Trinajstić information content (AvgIpc) is 3.18. The molecule has 20 heavy (non-hydrogen) atoms. The molecule has 1 amide bonds. The Morgan fingerprint density at radius 1 is 1.35 bits per heavy atom. The van der Waals surface area contributed by atoms with Crippen LogP contribution in [0.3, 0.4) is 0 Å². The van der Waals surface area contributed by atoms with Crippen LogP contribution >= 0.6 is 11.3 Å². The lowest BCUT2D eigenvalue weighted by Crippen LogP contribution is -2.53. The minimum atomic E-state index is -1.17. The van der Waals surface area contributed by atoms with Gasteiger partial charge in [-0.15, -0.1) is 11.3 Å². The van der Waals surface area contributed by atoms with Crippen LogP contribution in [0.5, 0.6) is 0 Å². The quantitative estimate of drug-likeness (QED) is 0.909. The first-order chi connectivity index (χ1) is 9.52. The minimum Gasteiger partial charge on any atom is -0.480 e. The van der Waals surface area contributed by atoms with E-state index in [0.717, 1.165) is 22.9 Å². The number of rotatable bonds is 4. The van der Waals surface area contributed by atoms with Crippen LogP contribution in [0.4, 0.5) is 0 Å². The number of aliphatic carboxylic acids is 1. The van der Waals surface area contributed by atoms with Crippen molar-refractivity contribution in [3.63, 3.8) is 0 Å². The zero-order valence-corrected chi connectivity index (χ0v) is 11.9. The van der Waals surface area contributed by atoms with Crippen LogP contribution in [-0.2, 0) is 4.79 Å². The Balaban J connectivity index is 1.91. The van der Waals surface area contributed by atoms with Gasteiger partial charge in [-0.2, -0.15) is 0 Å². The summed E-state index contributed by atoms with van der Waals surface area (Å²) in [6.07, 6.45) is 1.71. The number of hydrogen-bond acceptors (Lipinski definition) is 3. The van der Waals surface area contributed by atoms with E-state index in [4.69, 9.17) is 0 Å². The molecule has 1 fully saturated rings. The van der Waals surface area contributed by atoms with Gasteiger partial charge in [-0.3, -0.25) is 4.79 Å². The third kappa shape index (κ3) is 2.08. The molecule has 2 N–H and O–H groups in total. The van der Waals surface area contributed by atoms with Crippen molar-refractivity contribution in [3.05, 3.63) is 35.2 Å². The molecule has 0 radical (unpaired) electrons. The summed E-state index contributed by atoms with van der Waals surface area (Å²) in [6, 6.07) is 7.64. The smallest absolute Gasteiger partial charge is 0.329 e. The number of carbonyl (C=O) groups is 2. The maximum atomic E-state index is 12.4. The summed E-state index contributed by atoms with van der Waals surface area (Å²) in [6.45, 7) is 1.60. The molecule has 1 aromatic carbocycles. The molecule has 1 saturated carbocycles. The molecular formula is C15H15NO3S. The van der Waals surface area contributed by atoms with Crippen LogP contribution in [0, 0.1) is 5.92 Å². The summed E-state index contributed by atoms with van der Waals surface area (Å²) in [5.41, 5.74) is -0.612. The van der Waals surface area contributed by atoms with E-state index in [1.54, 1.807) is 12.3 Å². The molecule has 5 heteroatoms. The van der Waals surface area contributed by atoms with E-state index in [9.17, 15) is 14.7 Å². The Kier molecular flexibility index (Phi) is 3.01. The highest BCUT2D eigenvalue weighted by molar-refractivity contribution is 7.17. The molecule has 1 atom stereocenters. The number of carboxylic acids is 1. The van der Waals surface area contributed by atoms with E-state index in [2.05, 4.69) is 5.32 Å². The number of benzene rings is 1. The molecule has 1 unspecified atom stereocenters. The SMILES string of the molecule is CC(NC(=O)c1csc2ccccc12)(C(=O)O)C1CC1. The van der Waals surface area contributed by atoms with Gasteiger partial charge in [0.25, 0.3) is 5.91 Å². The van der Waals surface area contributed by atoms with E-state index < -0.39 is 11.5 Å². The maximum absolute atomic E-state index is 12.4. The number of carboxylic acid groups (broad SMARTS) is 1. The van der Waals surface area contributed by atoms with Crippen LogP contribution in [0.1, 0.15) is 30.1 Å². The Labute approximate surface area is 120 Å². The summed E-state index contributed by atoms with van der Waals surface area (Å²) < 4.78 is 1.03. The van der Waals surface area contributed by atoms with Gasteiger partial charge in [0.15, 0.2) is 0 Å². The van der Waals surface area contributed by atoms with Gasteiger partial charge in [-0.05, 0) is 31.7 Å². The second-order valence-corrected chi connectivity index (χ2v) is 6.29. The van der Waals surface area contributed by atoms with E-state index >= 15 is 0 Å². The fourth-order valence-electron chi connectivity index (χ4n) is 2.45. The third-order valence-corrected chi connectivity index (χ3v) is 4.90. The summed E-state index contributed by atoms with van der Waals surface area (Å²) in [7, 11) is 0. The van der Waals surface area contributed by atoms with Crippen LogP contribution in [0.25, 0.3) is 10.1 Å². The topological polar surface area (TPSA) is 66.4 Å². The lowest BCUT2D eigenvalue weighted by Gasteiger charge is -2.26. The second-order valence-electron chi connectivity index (χ2n) is 5.38. The summed E-state index contributed by atoms with van der Waals surface area (Å²) in [4.78, 5) is 23.9. The van der Waals surface area contributed by atoms with E-state index in [0.29, 0.717) is 5.56 Å². The first-order valence-electron chi connectivity index (χ1n) is 6.54. The molecule has 4 nitrogen and oxygen atoms in total. The van der Waals surface area contributed by atoms with Gasteiger partial charge in [-0.25, -0.2) is 4.79 Å². The monoisotopic (exact) mass is 289 g/mol. The predicted octanol–water partition coefficient (Wildman–Crippen LogP) is 2.88. The van der Waals surface area contributed by atoms with Crippen molar-refractivity contribution in [1.82, 2.24) is 5.32 Å². The number of carbonyl (C=O) groups excluding carboxylic acids is 1. The van der Waals surface area contributed by atoms with Crippen molar-refractivity contribution in [1.29, 1.82) is 0 Å². The van der Waals surface area contributed by atoms with Crippen LogP contribution < -0.4 is 5.32 Å². The van der Waals surface area contributed by atoms with Crippen molar-refractivity contribution >= 4 is 33.3 Å². The van der Waals surface area contributed by atoms with Crippen molar-refractivity contribution in [2.45, 2.75) is 25.3 Å². The molecule has 1 aliphatic rings. The van der Waals surface area contributed by atoms with Crippen molar-refractivity contribution in [2.24, 2.45) is 5.92 Å².